The number of carbonyl (C=O) groups excluding carboxylic acids is 1. The minimum atomic E-state index is -0.0618. The molecule has 6 nitrogen and oxygen atoms in total. The molecule has 1 aliphatic rings. The first kappa shape index (κ1) is 16.7. The van der Waals surface area contributed by atoms with Crippen LogP contribution < -0.4 is 5.32 Å². The molecule has 0 bridgehead atoms. The van der Waals surface area contributed by atoms with Gasteiger partial charge in [-0.1, -0.05) is 29.8 Å². The van der Waals surface area contributed by atoms with E-state index in [-0.39, 0.29) is 5.91 Å². The second-order valence-electron chi connectivity index (χ2n) is 5.84. The van der Waals surface area contributed by atoms with Gasteiger partial charge in [-0.3, -0.25) is 4.79 Å². The summed E-state index contributed by atoms with van der Waals surface area (Å²) in [6, 6.07) is 11.1. The van der Waals surface area contributed by atoms with E-state index in [0.717, 1.165) is 31.7 Å². The highest BCUT2D eigenvalue weighted by Gasteiger charge is 2.21. The quantitative estimate of drug-likeness (QED) is 0.919. The highest BCUT2D eigenvalue weighted by molar-refractivity contribution is 6.31. The van der Waals surface area contributed by atoms with E-state index in [2.05, 4.69) is 27.5 Å². The van der Waals surface area contributed by atoms with Crippen LogP contribution in [0.25, 0.3) is 0 Å². The van der Waals surface area contributed by atoms with Gasteiger partial charge in [0, 0.05) is 37.7 Å². The standard InChI is InChI=1S/C17H20ClN5O/c1-22-8-10-23(11-9-22)17(24)15-6-7-16(21-20-15)19-12-13-4-2-3-5-14(13)18/h2-7H,8-12H2,1H3,(H,19,21). The lowest BCUT2D eigenvalue weighted by Gasteiger charge is -2.32. The third kappa shape index (κ3) is 4.01. The van der Waals surface area contributed by atoms with Crippen LogP contribution >= 0.6 is 11.6 Å². The second-order valence-corrected chi connectivity index (χ2v) is 6.25. The molecule has 3 rings (SSSR count). The molecular weight excluding hydrogens is 326 g/mol. The zero-order valence-corrected chi connectivity index (χ0v) is 14.3. The number of carbonyl (C=O) groups is 1. The van der Waals surface area contributed by atoms with E-state index in [1.54, 1.807) is 12.1 Å². The number of rotatable bonds is 4. The van der Waals surface area contributed by atoms with E-state index in [1.807, 2.05) is 29.2 Å². The summed E-state index contributed by atoms with van der Waals surface area (Å²) in [6.07, 6.45) is 0. The highest BCUT2D eigenvalue weighted by Crippen LogP contribution is 2.16. The average Bonchev–Trinajstić information content (AvgIpc) is 2.62. The number of piperazine rings is 1. The van der Waals surface area contributed by atoms with Crippen molar-refractivity contribution in [1.29, 1.82) is 0 Å². The fourth-order valence-corrected chi connectivity index (χ4v) is 2.74. The van der Waals surface area contributed by atoms with Crippen molar-refractivity contribution in [3.8, 4) is 0 Å². The van der Waals surface area contributed by atoms with Crippen LogP contribution in [0.15, 0.2) is 36.4 Å². The minimum Gasteiger partial charge on any atom is -0.364 e. The molecule has 1 aromatic carbocycles. The molecule has 7 heteroatoms. The van der Waals surface area contributed by atoms with Gasteiger partial charge in [0.2, 0.25) is 0 Å². The summed E-state index contributed by atoms with van der Waals surface area (Å²) in [5, 5.41) is 12.0. The number of nitrogens with one attached hydrogen (secondary N) is 1. The Morgan fingerprint density at radius 2 is 1.88 bits per heavy atom. The van der Waals surface area contributed by atoms with E-state index in [0.29, 0.717) is 23.1 Å². The predicted molar refractivity (Wildman–Crippen MR) is 94.2 cm³/mol. The molecule has 1 aliphatic heterocycles. The molecule has 1 aromatic heterocycles. The Kier molecular flexibility index (Phi) is 5.27. The van der Waals surface area contributed by atoms with Gasteiger partial charge in [0.25, 0.3) is 5.91 Å². The number of hydrogen-bond acceptors (Lipinski definition) is 5. The molecule has 1 amide bonds. The third-order valence-electron chi connectivity index (χ3n) is 4.09. The van der Waals surface area contributed by atoms with E-state index >= 15 is 0 Å². The number of aromatic nitrogens is 2. The van der Waals surface area contributed by atoms with Crippen molar-refractivity contribution >= 4 is 23.3 Å². The van der Waals surface area contributed by atoms with Crippen molar-refractivity contribution in [2.75, 3.05) is 38.5 Å². The zero-order valence-electron chi connectivity index (χ0n) is 13.6. The van der Waals surface area contributed by atoms with Gasteiger partial charge in [-0.15, -0.1) is 10.2 Å². The number of nitrogens with zero attached hydrogens (tertiary/aromatic N) is 4. The maximum atomic E-state index is 12.4. The van der Waals surface area contributed by atoms with Gasteiger partial charge in [0.05, 0.1) is 0 Å². The Morgan fingerprint density at radius 3 is 2.54 bits per heavy atom. The molecule has 126 valence electrons. The Labute approximate surface area is 146 Å². The number of likely N-dealkylation sites (N-methyl/N-ethyl adjacent to an activating group) is 1. The lowest BCUT2D eigenvalue weighted by atomic mass is 10.2. The third-order valence-corrected chi connectivity index (χ3v) is 4.46. The number of amides is 1. The fraction of sp³-hybridized carbons (Fsp3) is 0.353. The molecule has 0 atom stereocenters. The predicted octanol–water partition coefficient (Wildman–Crippen LogP) is 2.13. The van der Waals surface area contributed by atoms with Crippen LogP contribution in [0, 0.1) is 0 Å². The minimum absolute atomic E-state index is 0.0618. The van der Waals surface area contributed by atoms with Gasteiger partial charge in [0.15, 0.2) is 5.69 Å². The zero-order chi connectivity index (χ0) is 16.9. The summed E-state index contributed by atoms with van der Waals surface area (Å²) in [7, 11) is 2.06. The van der Waals surface area contributed by atoms with Crippen LogP contribution in [0.2, 0.25) is 5.02 Å². The Bertz CT molecular complexity index is 698. The van der Waals surface area contributed by atoms with E-state index < -0.39 is 0 Å². The number of hydrogen-bond donors (Lipinski definition) is 1. The maximum absolute atomic E-state index is 12.4. The smallest absolute Gasteiger partial charge is 0.274 e. The fourth-order valence-electron chi connectivity index (χ4n) is 2.54. The lowest BCUT2D eigenvalue weighted by Crippen LogP contribution is -2.47. The van der Waals surface area contributed by atoms with Gasteiger partial charge in [-0.05, 0) is 30.8 Å². The normalized spacial score (nSPS) is 15.3. The molecule has 0 aliphatic carbocycles. The highest BCUT2D eigenvalue weighted by atomic mass is 35.5. The van der Waals surface area contributed by atoms with Crippen molar-refractivity contribution in [3.05, 3.63) is 52.7 Å². The molecular formula is C17H20ClN5O. The Morgan fingerprint density at radius 1 is 1.12 bits per heavy atom. The summed E-state index contributed by atoms with van der Waals surface area (Å²) >= 11 is 6.12. The molecule has 0 spiro atoms. The topological polar surface area (TPSA) is 61.4 Å². The van der Waals surface area contributed by atoms with Crippen molar-refractivity contribution in [1.82, 2.24) is 20.0 Å². The van der Waals surface area contributed by atoms with Crippen molar-refractivity contribution < 1.29 is 4.79 Å². The van der Waals surface area contributed by atoms with E-state index in [9.17, 15) is 4.79 Å². The summed E-state index contributed by atoms with van der Waals surface area (Å²) < 4.78 is 0. The van der Waals surface area contributed by atoms with Crippen molar-refractivity contribution in [2.45, 2.75) is 6.54 Å². The first-order chi connectivity index (χ1) is 11.6. The van der Waals surface area contributed by atoms with Gasteiger partial charge >= 0.3 is 0 Å². The van der Waals surface area contributed by atoms with Crippen LogP contribution in [0.1, 0.15) is 16.1 Å². The van der Waals surface area contributed by atoms with Gasteiger partial charge in [-0.2, -0.15) is 0 Å². The number of anilines is 1. The summed E-state index contributed by atoms with van der Waals surface area (Å²) in [5.74, 6) is 0.554. The van der Waals surface area contributed by atoms with Crippen LogP contribution in [0.3, 0.4) is 0 Å². The molecule has 1 N–H and O–H groups in total. The first-order valence-electron chi connectivity index (χ1n) is 7.92. The summed E-state index contributed by atoms with van der Waals surface area (Å²) in [4.78, 5) is 16.4. The van der Waals surface area contributed by atoms with Crippen LogP contribution in [-0.2, 0) is 6.54 Å². The van der Waals surface area contributed by atoms with Gasteiger partial charge in [0.1, 0.15) is 5.82 Å². The molecule has 24 heavy (non-hydrogen) atoms. The Balaban J connectivity index is 1.59. The Hall–Kier alpha value is -2.18. The largest absolute Gasteiger partial charge is 0.364 e. The lowest BCUT2D eigenvalue weighted by molar-refractivity contribution is 0.0657. The summed E-state index contributed by atoms with van der Waals surface area (Å²) in [6.45, 7) is 3.78. The molecule has 0 unspecified atom stereocenters. The monoisotopic (exact) mass is 345 g/mol. The average molecular weight is 346 g/mol. The van der Waals surface area contributed by atoms with Crippen LogP contribution in [0.5, 0.6) is 0 Å². The van der Waals surface area contributed by atoms with Crippen molar-refractivity contribution in [3.63, 3.8) is 0 Å². The SMILES string of the molecule is CN1CCN(C(=O)c2ccc(NCc3ccccc3Cl)nn2)CC1. The van der Waals surface area contributed by atoms with Crippen LogP contribution in [-0.4, -0.2) is 59.1 Å². The molecule has 1 fully saturated rings. The molecule has 0 radical (unpaired) electrons. The van der Waals surface area contributed by atoms with Crippen molar-refractivity contribution in [2.24, 2.45) is 0 Å². The summed E-state index contributed by atoms with van der Waals surface area (Å²) in [5.41, 5.74) is 1.36. The number of halogens is 1. The molecule has 2 heterocycles. The molecule has 2 aromatic rings. The van der Waals surface area contributed by atoms with Gasteiger partial charge in [-0.25, -0.2) is 0 Å². The van der Waals surface area contributed by atoms with E-state index in [4.69, 9.17) is 11.6 Å². The second kappa shape index (κ2) is 7.59. The number of benzene rings is 1. The van der Waals surface area contributed by atoms with E-state index in [1.165, 1.54) is 0 Å². The molecule has 1 saturated heterocycles. The maximum Gasteiger partial charge on any atom is 0.274 e. The van der Waals surface area contributed by atoms with Gasteiger partial charge < -0.3 is 15.1 Å². The van der Waals surface area contributed by atoms with Crippen LogP contribution in [0.4, 0.5) is 5.82 Å². The first-order valence-corrected chi connectivity index (χ1v) is 8.30. The molecule has 0 saturated carbocycles.